The molecule has 1 aromatic carbocycles. The van der Waals surface area contributed by atoms with Crippen molar-refractivity contribution in [2.24, 2.45) is 0 Å². The second-order valence-corrected chi connectivity index (χ2v) is 3.38. The van der Waals surface area contributed by atoms with Crippen LogP contribution in [0.25, 0.3) is 0 Å². The minimum absolute atomic E-state index is 0.107. The molecule has 0 bridgehead atoms. The van der Waals surface area contributed by atoms with E-state index in [2.05, 4.69) is 5.32 Å². The fourth-order valence-corrected chi connectivity index (χ4v) is 1.36. The number of amides is 1. The zero-order chi connectivity index (χ0) is 12.1. The molecule has 5 nitrogen and oxygen atoms in total. The molecular formula is C11H14N4O. The van der Waals surface area contributed by atoms with Gasteiger partial charge in [0.05, 0.1) is 23.5 Å². The van der Waals surface area contributed by atoms with E-state index in [1.54, 1.807) is 37.2 Å². The molecule has 0 fully saturated rings. The molecule has 1 rings (SSSR count). The number of anilines is 2. The number of para-hydroxylation sites is 1. The van der Waals surface area contributed by atoms with E-state index in [0.29, 0.717) is 16.9 Å². The molecule has 1 aromatic rings. The fourth-order valence-electron chi connectivity index (χ4n) is 1.36. The van der Waals surface area contributed by atoms with E-state index in [1.807, 2.05) is 6.07 Å². The lowest BCUT2D eigenvalue weighted by Crippen LogP contribution is -2.33. The SMILES string of the molecule is CNC(=O)CN(C)c1cccc(C#N)c1N. The van der Waals surface area contributed by atoms with Crippen molar-refractivity contribution in [3.63, 3.8) is 0 Å². The Balaban J connectivity index is 2.96. The largest absolute Gasteiger partial charge is 0.396 e. The summed E-state index contributed by atoms with van der Waals surface area (Å²) in [6.07, 6.45) is 0. The van der Waals surface area contributed by atoms with Crippen LogP contribution in [0.5, 0.6) is 0 Å². The topological polar surface area (TPSA) is 82.2 Å². The fraction of sp³-hybridized carbons (Fsp3) is 0.273. The normalized spacial score (nSPS) is 9.31. The third-order valence-corrected chi connectivity index (χ3v) is 2.27. The second-order valence-electron chi connectivity index (χ2n) is 3.38. The first-order valence-corrected chi connectivity index (χ1v) is 4.80. The van der Waals surface area contributed by atoms with Crippen LogP contribution in [0.3, 0.4) is 0 Å². The van der Waals surface area contributed by atoms with Gasteiger partial charge in [0.25, 0.3) is 0 Å². The van der Waals surface area contributed by atoms with Crippen LogP contribution < -0.4 is 16.0 Å². The smallest absolute Gasteiger partial charge is 0.239 e. The van der Waals surface area contributed by atoms with Gasteiger partial charge in [0.1, 0.15) is 6.07 Å². The number of benzene rings is 1. The maximum absolute atomic E-state index is 11.2. The Hall–Kier alpha value is -2.22. The van der Waals surface area contributed by atoms with Crippen molar-refractivity contribution in [3.05, 3.63) is 23.8 Å². The number of rotatable bonds is 3. The van der Waals surface area contributed by atoms with E-state index in [1.165, 1.54) is 0 Å². The number of nitrogens with two attached hydrogens (primary N) is 1. The Morgan fingerprint density at radius 3 is 2.88 bits per heavy atom. The summed E-state index contributed by atoms with van der Waals surface area (Å²) in [4.78, 5) is 12.9. The first-order chi connectivity index (χ1) is 7.60. The highest BCUT2D eigenvalue weighted by atomic mass is 16.1. The van der Waals surface area contributed by atoms with Crippen molar-refractivity contribution in [3.8, 4) is 6.07 Å². The molecule has 0 aliphatic rings. The monoisotopic (exact) mass is 218 g/mol. The van der Waals surface area contributed by atoms with Gasteiger partial charge in [-0.2, -0.15) is 5.26 Å². The van der Waals surface area contributed by atoms with Gasteiger partial charge >= 0.3 is 0 Å². The Morgan fingerprint density at radius 1 is 1.62 bits per heavy atom. The minimum atomic E-state index is -0.107. The van der Waals surface area contributed by atoms with Crippen molar-refractivity contribution < 1.29 is 4.79 Å². The number of nitrogens with one attached hydrogen (secondary N) is 1. The molecule has 0 aromatic heterocycles. The quantitative estimate of drug-likeness (QED) is 0.716. The highest BCUT2D eigenvalue weighted by Crippen LogP contribution is 2.24. The zero-order valence-corrected chi connectivity index (χ0v) is 9.32. The Bertz CT molecular complexity index is 436. The Labute approximate surface area is 94.5 Å². The van der Waals surface area contributed by atoms with Crippen LogP contribution in [0.15, 0.2) is 18.2 Å². The van der Waals surface area contributed by atoms with Gasteiger partial charge in [-0.05, 0) is 12.1 Å². The van der Waals surface area contributed by atoms with Crippen LogP contribution in [-0.2, 0) is 4.79 Å². The second kappa shape index (κ2) is 5.03. The third kappa shape index (κ3) is 2.42. The molecule has 0 aliphatic heterocycles. The van der Waals surface area contributed by atoms with Crippen LogP contribution in [0.1, 0.15) is 5.56 Å². The number of carbonyl (C=O) groups excluding carboxylic acids is 1. The molecule has 0 unspecified atom stereocenters. The highest BCUT2D eigenvalue weighted by Gasteiger charge is 2.10. The molecule has 84 valence electrons. The molecule has 0 radical (unpaired) electrons. The molecule has 0 aliphatic carbocycles. The lowest BCUT2D eigenvalue weighted by Gasteiger charge is -2.20. The minimum Gasteiger partial charge on any atom is -0.396 e. The van der Waals surface area contributed by atoms with Crippen molar-refractivity contribution in [2.45, 2.75) is 0 Å². The van der Waals surface area contributed by atoms with Crippen molar-refractivity contribution >= 4 is 17.3 Å². The predicted octanol–water partition coefficient (Wildman–Crippen LogP) is 0.323. The number of hydrogen-bond donors (Lipinski definition) is 2. The lowest BCUT2D eigenvalue weighted by atomic mass is 10.1. The van der Waals surface area contributed by atoms with Gasteiger partial charge < -0.3 is 16.0 Å². The summed E-state index contributed by atoms with van der Waals surface area (Å²) in [7, 11) is 3.33. The van der Waals surface area contributed by atoms with Gasteiger partial charge in [-0.3, -0.25) is 4.79 Å². The molecule has 0 heterocycles. The van der Waals surface area contributed by atoms with Crippen LogP contribution in [0.4, 0.5) is 11.4 Å². The summed E-state index contributed by atoms with van der Waals surface area (Å²) >= 11 is 0. The first kappa shape index (κ1) is 11.9. The van der Waals surface area contributed by atoms with Crippen molar-refractivity contribution in [1.29, 1.82) is 5.26 Å². The number of nitriles is 1. The highest BCUT2D eigenvalue weighted by molar-refractivity contribution is 5.83. The zero-order valence-electron chi connectivity index (χ0n) is 9.32. The summed E-state index contributed by atoms with van der Waals surface area (Å²) in [6, 6.07) is 7.17. The molecule has 16 heavy (non-hydrogen) atoms. The van der Waals surface area contributed by atoms with E-state index in [0.717, 1.165) is 0 Å². The first-order valence-electron chi connectivity index (χ1n) is 4.80. The molecule has 0 spiro atoms. The van der Waals surface area contributed by atoms with Crippen molar-refractivity contribution in [2.75, 3.05) is 31.3 Å². The van der Waals surface area contributed by atoms with Crippen molar-refractivity contribution in [1.82, 2.24) is 5.32 Å². The number of nitrogen functional groups attached to an aromatic ring is 1. The molecule has 0 saturated heterocycles. The maximum atomic E-state index is 11.2. The lowest BCUT2D eigenvalue weighted by molar-refractivity contribution is -0.119. The van der Waals surface area contributed by atoms with Gasteiger partial charge in [-0.15, -0.1) is 0 Å². The Morgan fingerprint density at radius 2 is 2.31 bits per heavy atom. The summed E-state index contributed by atoms with van der Waals surface area (Å²) in [5, 5.41) is 11.4. The molecule has 0 atom stereocenters. The molecular weight excluding hydrogens is 204 g/mol. The molecule has 3 N–H and O–H groups in total. The van der Waals surface area contributed by atoms with Gasteiger partial charge in [0, 0.05) is 14.1 Å². The van der Waals surface area contributed by atoms with E-state index in [9.17, 15) is 4.79 Å². The average molecular weight is 218 g/mol. The molecule has 0 saturated carbocycles. The van der Waals surface area contributed by atoms with Gasteiger partial charge in [0.2, 0.25) is 5.91 Å². The maximum Gasteiger partial charge on any atom is 0.239 e. The van der Waals surface area contributed by atoms with Crippen LogP contribution >= 0.6 is 0 Å². The van der Waals surface area contributed by atoms with E-state index in [-0.39, 0.29) is 12.5 Å². The number of carbonyl (C=O) groups is 1. The summed E-state index contributed by atoms with van der Waals surface area (Å²) in [6.45, 7) is 0.204. The third-order valence-electron chi connectivity index (χ3n) is 2.27. The summed E-state index contributed by atoms with van der Waals surface area (Å²) in [5.74, 6) is -0.107. The van der Waals surface area contributed by atoms with E-state index >= 15 is 0 Å². The number of nitrogens with zero attached hydrogens (tertiary/aromatic N) is 2. The average Bonchev–Trinajstić information content (AvgIpc) is 2.29. The Kier molecular flexibility index (Phi) is 3.72. The van der Waals surface area contributed by atoms with Gasteiger partial charge in [0.15, 0.2) is 0 Å². The van der Waals surface area contributed by atoms with Crippen LogP contribution in [-0.4, -0.2) is 26.5 Å². The standard InChI is InChI=1S/C11H14N4O/c1-14-10(16)7-15(2)9-5-3-4-8(6-12)11(9)13/h3-5H,7,13H2,1-2H3,(H,14,16). The van der Waals surface area contributed by atoms with Gasteiger partial charge in [-0.25, -0.2) is 0 Å². The molecule has 5 heteroatoms. The summed E-state index contributed by atoms with van der Waals surface area (Å²) in [5.41, 5.74) is 7.32. The van der Waals surface area contributed by atoms with E-state index in [4.69, 9.17) is 11.0 Å². The molecule has 1 amide bonds. The van der Waals surface area contributed by atoms with E-state index < -0.39 is 0 Å². The number of hydrogen-bond acceptors (Lipinski definition) is 4. The van der Waals surface area contributed by atoms with Crippen LogP contribution in [0, 0.1) is 11.3 Å². The van der Waals surface area contributed by atoms with Crippen LogP contribution in [0.2, 0.25) is 0 Å². The summed E-state index contributed by atoms with van der Waals surface area (Å²) < 4.78 is 0. The van der Waals surface area contributed by atoms with Gasteiger partial charge in [-0.1, -0.05) is 6.07 Å². The predicted molar refractivity (Wildman–Crippen MR) is 62.9 cm³/mol. The number of likely N-dealkylation sites (N-methyl/N-ethyl adjacent to an activating group) is 2.